The number of aromatic amines is 1. The largest absolute Gasteiger partial charge is 0.513 e. The van der Waals surface area contributed by atoms with E-state index in [1.165, 1.54) is 0 Å². The van der Waals surface area contributed by atoms with Crippen molar-refractivity contribution in [3.8, 4) is 0 Å². The van der Waals surface area contributed by atoms with Gasteiger partial charge in [-0.2, -0.15) is 0 Å². The van der Waals surface area contributed by atoms with E-state index in [9.17, 15) is 0 Å². The second kappa shape index (κ2) is 4.86. The van der Waals surface area contributed by atoms with Gasteiger partial charge in [0, 0.05) is 25.3 Å². The minimum Gasteiger partial charge on any atom is -0.398 e. The Balaban J connectivity index is 1.74. The average molecular weight is 278 g/mol. The van der Waals surface area contributed by atoms with Crippen LogP contribution in [0.1, 0.15) is 52.3 Å². The molecule has 2 saturated heterocycles. The molecule has 0 aliphatic carbocycles. The molecule has 0 amide bonds. The molecule has 2 aliphatic heterocycles. The number of aromatic nitrogens is 2. The second-order valence-electron chi connectivity index (χ2n) is 6.70. The first kappa shape index (κ1) is 14.1. The molecule has 0 unspecified atom stereocenters. The standard InChI is InChI=1S/C14H23BN2O3/c1-13(2)14(3,4)20-15(19-13)11-9-16-12(17-11)10-5-7-18-8-6-10/h9-10H,5-8H2,1-4H3,(H,16,17). The molecule has 1 aromatic rings. The number of hydrogen-bond acceptors (Lipinski definition) is 4. The van der Waals surface area contributed by atoms with E-state index in [1.807, 2.05) is 6.20 Å². The summed E-state index contributed by atoms with van der Waals surface area (Å²) in [6.07, 6.45) is 3.89. The maximum atomic E-state index is 6.03. The average Bonchev–Trinajstić information content (AvgIpc) is 2.94. The van der Waals surface area contributed by atoms with Crippen LogP contribution < -0.4 is 5.59 Å². The molecule has 1 aromatic heterocycles. The molecule has 110 valence electrons. The third-order valence-electron chi connectivity index (χ3n) is 4.73. The fourth-order valence-electron chi connectivity index (χ4n) is 2.62. The number of nitrogens with one attached hydrogen (secondary N) is 1. The highest BCUT2D eigenvalue weighted by Gasteiger charge is 2.52. The van der Waals surface area contributed by atoms with E-state index < -0.39 is 0 Å². The predicted molar refractivity (Wildman–Crippen MR) is 77.1 cm³/mol. The molecule has 3 heterocycles. The molecule has 2 fully saturated rings. The molecule has 0 atom stereocenters. The predicted octanol–water partition coefficient (Wildman–Crippen LogP) is 1.60. The van der Waals surface area contributed by atoms with E-state index in [1.54, 1.807) is 0 Å². The molecule has 0 spiro atoms. The molecule has 5 nitrogen and oxygen atoms in total. The summed E-state index contributed by atoms with van der Waals surface area (Å²) in [4.78, 5) is 7.89. The molecule has 0 saturated carbocycles. The molecule has 1 N–H and O–H groups in total. The van der Waals surface area contributed by atoms with Crippen molar-refractivity contribution < 1.29 is 14.0 Å². The minimum absolute atomic E-state index is 0.318. The van der Waals surface area contributed by atoms with Crippen LogP contribution in [-0.2, 0) is 14.0 Å². The highest BCUT2D eigenvalue weighted by Crippen LogP contribution is 2.36. The van der Waals surface area contributed by atoms with Gasteiger partial charge in [0.1, 0.15) is 5.82 Å². The number of H-pyrrole nitrogens is 1. The molecule has 3 rings (SSSR count). The molecule has 6 heteroatoms. The van der Waals surface area contributed by atoms with E-state index >= 15 is 0 Å². The topological polar surface area (TPSA) is 56.4 Å². The van der Waals surface area contributed by atoms with E-state index in [4.69, 9.17) is 14.0 Å². The normalized spacial score (nSPS) is 26.1. The first-order valence-electron chi connectivity index (χ1n) is 7.37. The fourth-order valence-corrected chi connectivity index (χ4v) is 2.62. The van der Waals surface area contributed by atoms with Crippen molar-refractivity contribution in [1.82, 2.24) is 9.97 Å². The number of ether oxygens (including phenoxy) is 1. The van der Waals surface area contributed by atoms with Gasteiger partial charge in [0.05, 0.1) is 16.8 Å². The van der Waals surface area contributed by atoms with Crippen LogP contribution in [0, 0.1) is 0 Å². The summed E-state index contributed by atoms with van der Waals surface area (Å²) >= 11 is 0. The first-order chi connectivity index (χ1) is 9.39. The number of imidazole rings is 1. The van der Waals surface area contributed by atoms with Gasteiger partial charge in [-0.05, 0) is 40.5 Å². The number of rotatable bonds is 2. The van der Waals surface area contributed by atoms with E-state index in [2.05, 4.69) is 37.7 Å². The Bertz CT molecular complexity index is 465. The highest BCUT2D eigenvalue weighted by molar-refractivity contribution is 6.61. The van der Waals surface area contributed by atoms with Crippen LogP contribution in [0.2, 0.25) is 0 Å². The van der Waals surface area contributed by atoms with E-state index in [-0.39, 0.29) is 18.3 Å². The molecule has 0 aromatic carbocycles. The summed E-state index contributed by atoms with van der Waals surface area (Å²) in [5, 5.41) is 0. The Kier molecular flexibility index (Phi) is 3.43. The van der Waals surface area contributed by atoms with Crippen molar-refractivity contribution in [3.05, 3.63) is 12.0 Å². The van der Waals surface area contributed by atoms with Crippen molar-refractivity contribution in [2.45, 2.75) is 57.7 Å². The maximum absolute atomic E-state index is 6.03. The quantitative estimate of drug-likeness (QED) is 0.835. The summed E-state index contributed by atoms with van der Waals surface area (Å²) in [6.45, 7) is 9.87. The van der Waals surface area contributed by atoms with E-state index in [0.29, 0.717) is 5.92 Å². The lowest BCUT2D eigenvalue weighted by Gasteiger charge is -2.32. The van der Waals surface area contributed by atoms with Gasteiger partial charge >= 0.3 is 7.12 Å². The van der Waals surface area contributed by atoms with Gasteiger partial charge in [-0.3, -0.25) is 0 Å². The van der Waals surface area contributed by atoms with Crippen molar-refractivity contribution in [3.63, 3.8) is 0 Å². The highest BCUT2D eigenvalue weighted by atomic mass is 16.7. The van der Waals surface area contributed by atoms with Gasteiger partial charge in [-0.25, -0.2) is 4.98 Å². The van der Waals surface area contributed by atoms with Crippen LogP contribution in [0.5, 0.6) is 0 Å². The van der Waals surface area contributed by atoms with Crippen molar-refractivity contribution in [1.29, 1.82) is 0 Å². The van der Waals surface area contributed by atoms with Gasteiger partial charge in [-0.15, -0.1) is 0 Å². The van der Waals surface area contributed by atoms with Gasteiger partial charge in [0.15, 0.2) is 0 Å². The SMILES string of the molecule is CC1(C)OB(c2cnc(C3CCOCC3)[nH]2)OC1(C)C. The molecule has 2 aliphatic rings. The van der Waals surface area contributed by atoms with Crippen LogP contribution in [-0.4, -0.2) is 41.5 Å². The monoisotopic (exact) mass is 278 g/mol. The second-order valence-corrected chi connectivity index (χ2v) is 6.70. The van der Waals surface area contributed by atoms with E-state index in [0.717, 1.165) is 37.5 Å². The lowest BCUT2D eigenvalue weighted by Crippen LogP contribution is -2.41. The molecule has 0 radical (unpaired) electrons. The lowest BCUT2D eigenvalue weighted by molar-refractivity contribution is 0.00578. The summed E-state index contributed by atoms with van der Waals surface area (Å²) < 4.78 is 17.5. The summed E-state index contributed by atoms with van der Waals surface area (Å²) in [6, 6.07) is 0. The molecule has 0 bridgehead atoms. The van der Waals surface area contributed by atoms with Crippen molar-refractivity contribution in [2.24, 2.45) is 0 Å². The third kappa shape index (κ3) is 2.40. The fraction of sp³-hybridized carbons (Fsp3) is 0.786. The summed E-state index contributed by atoms with van der Waals surface area (Å²) in [5.41, 5.74) is 0.272. The van der Waals surface area contributed by atoms with Crippen molar-refractivity contribution >= 4 is 12.7 Å². The van der Waals surface area contributed by atoms with Gasteiger partial charge < -0.3 is 19.0 Å². The Hall–Kier alpha value is -0.845. The Morgan fingerprint density at radius 3 is 2.35 bits per heavy atom. The van der Waals surface area contributed by atoms with Crippen LogP contribution >= 0.6 is 0 Å². The zero-order valence-corrected chi connectivity index (χ0v) is 12.7. The third-order valence-corrected chi connectivity index (χ3v) is 4.73. The van der Waals surface area contributed by atoms with Crippen LogP contribution in [0.15, 0.2) is 6.20 Å². The first-order valence-corrected chi connectivity index (χ1v) is 7.37. The minimum atomic E-state index is -0.360. The molecule has 20 heavy (non-hydrogen) atoms. The molecular formula is C14H23BN2O3. The number of nitrogens with zero attached hydrogens (tertiary/aromatic N) is 1. The molecular weight excluding hydrogens is 255 g/mol. The number of hydrogen-bond donors (Lipinski definition) is 1. The van der Waals surface area contributed by atoms with Crippen LogP contribution in [0.4, 0.5) is 0 Å². The van der Waals surface area contributed by atoms with Gasteiger partial charge in [0.2, 0.25) is 0 Å². The lowest BCUT2D eigenvalue weighted by atomic mass is 9.86. The van der Waals surface area contributed by atoms with Gasteiger partial charge in [-0.1, -0.05) is 0 Å². The summed E-state index contributed by atoms with van der Waals surface area (Å²) in [7, 11) is -0.360. The van der Waals surface area contributed by atoms with Crippen molar-refractivity contribution in [2.75, 3.05) is 13.2 Å². The maximum Gasteiger partial charge on any atom is 0.513 e. The zero-order valence-electron chi connectivity index (χ0n) is 12.7. The summed E-state index contributed by atoms with van der Waals surface area (Å²) in [5.74, 6) is 1.48. The van der Waals surface area contributed by atoms with Crippen LogP contribution in [0.25, 0.3) is 0 Å². The van der Waals surface area contributed by atoms with Crippen LogP contribution in [0.3, 0.4) is 0 Å². The Morgan fingerprint density at radius 2 is 1.75 bits per heavy atom. The Morgan fingerprint density at radius 1 is 1.15 bits per heavy atom. The Labute approximate surface area is 120 Å². The smallest absolute Gasteiger partial charge is 0.398 e. The van der Waals surface area contributed by atoms with Gasteiger partial charge in [0.25, 0.3) is 0 Å². The zero-order chi connectivity index (χ0) is 14.4.